The molecule has 3 aromatic rings. The van der Waals surface area contributed by atoms with Gasteiger partial charge >= 0.3 is 0 Å². The lowest BCUT2D eigenvalue weighted by atomic mass is 9.84. The van der Waals surface area contributed by atoms with Crippen molar-refractivity contribution in [2.24, 2.45) is 0 Å². The van der Waals surface area contributed by atoms with Crippen molar-refractivity contribution in [3.8, 4) is 0 Å². The highest BCUT2D eigenvalue weighted by Gasteiger charge is 2.41. The van der Waals surface area contributed by atoms with E-state index >= 15 is 0 Å². The molecular weight excluding hydrogens is 426 g/mol. The fraction of sp³-hybridized carbons (Fsp3) is 0.310. The highest BCUT2D eigenvalue weighted by molar-refractivity contribution is 6.21. The average molecular weight is 456 g/mol. The molecular formula is C29H29NO4. The third-order valence-corrected chi connectivity index (χ3v) is 6.76. The molecule has 1 unspecified atom stereocenters. The molecule has 0 fully saturated rings. The highest BCUT2D eigenvalue weighted by atomic mass is 16.5. The number of imide groups is 1. The molecule has 5 heteroatoms. The Morgan fingerprint density at radius 3 is 2.26 bits per heavy atom. The Kier molecular flexibility index (Phi) is 6.07. The monoisotopic (exact) mass is 455 g/mol. The Labute approximate surface area is 200 Å². The summed E-state index contributed by atoms with van der Waals surface area (Å²) < 4.78 is 12.7. The summed E-state index contributed by atoms with van der Waals surface area (Å²) in [6.45, 7) is 5.84. The molecule has 174 valence electrons. The molecule has 0 aromatic heterocycles. The number of benzene rings is 3. The van der Waals surface area contributed by atoms with Crippen LogP contribution in [0, 0.1) is 13.8 Å². The number of rotatable bonds is 7. The van der Waals surface area contributed by atoms with Gasteiger partial charge < -0.3 is 9.47 Å². The van der Waals surface area contributed by atoms with E-state index in [1.807, 2.05) is 12.1 Å². The third kappa shape index (κ3) is 4.17. The van der Waals surface area contributed by atoms with E-state index in [2.05, 4.69) is 44.2 Å². The molecule has 2 heterocycles. The van der Waals surface area contributed by atoms with Crippen LogP contribution in [0.1, 0.15) is 55.0 Å². The van der Waals surface area contributed by atoms with E-state index in [0.29, 0.717) is 37.4 Å². The van der Waals surface area contributed by atoms with E-state index in [9.17, 15) is 9.59 Å². The lowest BCUT2D eigenvalue weighted by molar-refractivity contribution is -0.120. The van der Waals surface area contributed by atoms with Crippen LogP contribution in [0.5, 0.6) is 0 Å². The zero-order valence-electron chi connectivity index (χ0n) is 19.7. The Hall–Kier alpha value is -3.28. The second-order valence-corrected chi connectivity index (χ2v) is 9.30. The Balaban J connectivity index is 1.38. The molecule has 34 heavy (non-hydrogen) atoms. The fourth-order valence-electron chi connectivity index (χ4n) is 5.24. The van der Waals surface area contributed by atoms with Crippen LogP contribution in [0.25, 0.3) is 0 Å². The van der Waals surface area contributed by atoms with Crippen LogP contribution in [0.15, 0.2) is 66.7 Å². The molecule has 0 saturated carbocycles. The molecule has 0 radical (unpaired) electrons. The van der Waals surface area contributed by atoms with E-state index in [1.54, 1.807) is 24.3 Å². The molecule has 1 atom stereocenters. The summed E-state index contributed by atoms with van der Waals surface area (Å²) in [7, 11) is 0. The van der Waals surface area contributed by atoms with E-state index in [-0.39, 0.29) is 18.4 Å². The Morgan fingerprint density at radius 2 is 1.56 bits per heavy atom. The van der Waals surface area contributed by atoms with Crippen LogP contribution < -0.4 is 0 Å². The minimum absolute atomic E-state index is 0.240. The first-order valence-corrected chi connectivity index (χ1v) is 11.8. The van der Waals surface area contributed by atoms with Crippen LogP contribution in [0.3, 0.4) is 0 Å². The van der Waals surface area contributed by atoms with Crippen molar-refractivity contribution in [2.75, 3.05) is 19.8 Å². The number of fused-ring (bicyclic) bond motifs is 2. The molecule has 0 N–H and O–H groups in total. The third-order valence-electron chi connectivity index (χ3n) is 6.76. The first-order chi connectivity index (χ1) is 16.5. The van der Waals surface area contributed by atoms with E-state index in [1.165, 1.54) is 21.6 Å². The van der Waals surface area contributed by atoms with E-state index in [4.69, 9.17) is 9.47 Å². The van der Waals surface area contributed by atoms with Gasteiger partial charge in [-0.15, -0.1) is 0 Å². The molecule has 2 amide bonds. The normalized spacial score (nSPS) is 19.3. The van der Waals surface area contributed by atoms with Crippen molar-refractivity contribution in [3.63, 3.8) is 0 Å². The number of aryl methyl sites for hydroxylation is 2. The Morgan fingerprint density at radius 1 is 0.912 bits per heavy atom. The summed E-state index contributed by atoms with van der Waals surface area (Å²) in [5.74, 6) is -0.480. The van der Waals surface area contributed by atoms with Crippen LogP contribution in [0.4, 0.5) is 0 Å². The maximum Gasteiger partial charge on any atom is 0.261 e. The van der Waals surface area contributed by atoms with Crippen LogP contribution in [-0.2, 0) is 28.1 Å². The van der Waals surface area contributed by atoms with Crippen molar-refractivity contribution in [3.05, 3.63) is 106 Å². The predicted molar refractivity (Wildman–Crippen MR) is 130 cm³/mol. The van der Waals surface area contributed by atoms with Gasteiger partial charge in [0.05, 0.1) is 30.9 Å². The van der Waals surface area contributed by atoms with Gasteiger partial charge in [0.2, 0.25) is 0 Å². The maximum absolute atomic E-state index is 12.9. The number of carbonyl (C=O) groups excluding carboxylic acids is 2. The predicted octanol–water partition coefficient (Wildman–Crippen LogP) is 4.97. The summed E-state index contributed by atoms with van der Waals surface area (Å²) >= 11 is 0. The van der Waals surface area contributed by atoms with Crippen molar-refractivity contribution < 1.29 is 19.1 Å². The van der Waals surface area contributed by atoms with Crippen LogP contribution in [0.2, 0.25) is 0 Å². The summed E-state index contributed by atoms with van der Waals surface area (Å²) in [6.07, 6.45) is 1.31. The summed E-state index contributed by atoms with van der Waals surface area (Å²) in [6, 6.07) is 21.7. The van der Waals surface area contributed by atoms with Gasteiger partial charge in [0.25, 0.3) is 11.8 Å². The van der Waals surface area contributed by atoms with Gasteiger partial charge in [0.1, 0.15) is 5.60 Å². The first-order valence-electron chi connectivity index (χ1n) is 11.8. The van der Waals surface area contributed by atoms with Crippen molar-refractivity contribution >= 4 is 11.8 Å². The molecule has 5 nitrogen and oxygen atoms in total. The molecule has 5 rings (SSSR count). The van der Waals surface area contributed by atoms with Gasteiger partial charge in [-0.25, -0.2) is 0 Å². The Bertz CT molecular complexity index is 1200. The topological polar surface area (TPSA) is 55.8 Å². The van der Waals surface area contributed by atoms with Gasteiger partial charge in [-0.3, -0.25) is 14.5 Å². The zero-order valence-corrected chi connectivity index (χ0v) is 19.7. The van der Waals surface area contributed by atoms with Gasteiger partial charge in [0, 0.05) is 13.0 Å². The van der Waals surface area contributed by atoms with Crippen LogP contribution >= 0.6 is 0 Å². The molecule has 2 aliphatic rings. The molecule has 0 aliphatic carbocycles. The van der Waals surface area contributed by atoms with Crippen molar-refractivity contribution in [1.82, 2.24) is 4.90 Å². The summed E-state index contributed by atoms with van der Waals surface area (Å²) in [5.41, 5.74) is 6.07. The van der Waals surface area contributed by atoms with Gasteiger partial charge in [-0.05, 0) is 49.1 Å². The molecule has 2 aliphatic heterocycles. The first kappa shape index (κ1) is 22.5. The minimum atomic E-state index is -0.719. The average Bonchev–Trinajstić information content (AvgIpc) is 3.07. The molecule has 0 spiro atoms. The standard InChI is InChI=1S/C29H29NO4/c1-20-15-21(2)17-22(16-20)18-33-19-29(26-10-6-3-7-23(26)11-14-34-29)12-13-30-27(31)24-8-4-5-9-25(24)28(30)32/h3-10,15-17H,11-14,18-19H2,1-2H3. The summed E-state index contributed by atoms with van der Waals surface area (Å²) in [4.78, 5) is 27.2. The number of ether oxygens (including phenoxy) is 2. The van der Waals surface area contributed by atoms with Gasteiger partial charge in [-0.1, -0.05) is 65.7 Å². The second-order valence-electron chi connectivity index (χ2n) is 9.30. The minimum Gasteiger partial charge on any atom is -0.373 e. The van der Waals surface area contributed by atoms with E-state index in [0.717, 1.165) is 17.5 Å². The highest BCUT2D eigenvalue weighted by Crippen LogP contribution is 2.38. The zero-order chi connectivity index (χ0) is 23.7. The smallest absolute Gasteiger partial charge is 0.261 e. The van der Waals surface area contributed by atoms with Crippen molar-refractivity contribution in [2.45, 2.75) is 38.9 Å². The molecule has 0 saturated heterocycles. The number of nitrogens with zero attached hydrogens (tertiary/aromatic N) is 1. The largest absolute Gasteiger partial charge is 0.373 e. The van der Waals surface area contributed by atoms with E-state index < -0.39 is 5.60 Å². The maximum atomic E-state index is 12.9. The molecule has 0 bridgehead atoms. The number of hydrogen-bond donors (Lipinski definition) is 0. The molecule has 3 aromatic carbocycles. The van der Waals surface area contributed by atoms with Gasteiger partial charge in [0.15, 0.2) is 0 Å². The summed E-state index contributed by atoms with van der Waals surface area (Å²) in [5, 5.41) is 0. The number of amides is 2. The lowest BCUT2D eigenvalue weighted by Gasteiger charge is -2.39. The number of hydrogen-bond acceptors (Lipinski definition) is 4. The van der Waals surface area contributed by atoms with Crippen molar-refractivity contribution in [1.29, 1.82) is 0 Å². The number of carbonyl (C=O) groups is 2. The quantitative estimate of drug-likeness (QED) is 0.472. The second kappa shape index (κ2) is 9.16. The van der Waals surface area contributed by atoms with Gasteiger partial charge in [-0.2, -0.15) is 0 Å². The lowest BCUT2D eigenvalue weighted by Crippen LogP contribution is -2.44. The SMILES string of the molecule is Cc1cc(C)cc(COCC2(CCN3C(=O)c4ccccc4C3=O)OCCc3ccccc32)c1. The van der Waals surface area contributed by atoms with Crippen LogP contribution in [-0.4, -0.2) is 36.5 Å². The fourth-order valence-corrected chi connectivity index (χ4v) is 5.24.